The molecule has 0 radical (unpaired) electrons. The Bertz CT molecular complexity index is 755. The zero-order valence-corrected chi connectivity index (χ0v) is 13.0. The van der Waals surface area contributed by atoms with E-state index in [-0.39, 0.29) is 0 Å². The van der Waals surface area contributed by atoms with Gasteiger partial charge in [-0.25, -0.2) is 0 Å². The molecule has 0 aliphatic carbocycles. The summed E-state index contributed by atoms with van der Waals surface area (Å²) in [6, 6.07) is 15.2. The third-order valence-electron chi connectivity index (χ3n) is 3.30. The summed E-state index contributed by atoms with van der Waals surface area (Å²) >= 11 is 3.44. The van der Waals surface area contributed by atoms with Gasteiger partial charge in [0.05, 0.1) is 0 Å². The Morgan fingerprint density at radius 2 is 1.90 bits per heavy atom. The Hall–Kier alpha value is -1.98. The second-order valence-corrected chi connectivity index (χ2v) is 5.72. The molecule has 3 rings (SSSR count). The van der Waals surface area contributed by atoms with Crippen molar-refractivity contribution < 1.29 is 4.52 Å². The van der Waals surface area contributed by atoms with E-state index in [4.69, 9.17) is 10.3 Å². The molecule has 0 amide bonds. The van der Waals surface area contributed by atoms with Crippen molar-refractivity contribution in [1.29, 1.82) is 0 Å². The SMILES string of the molecule is Cc1cc(Br)ccc1-c1noc(C(N)c2ccccc2)n1. The van der Waals surface area contributed by atoms with Crippen molar-refractivity contribution in [3.05, 3.63) is 70.0 Å². The lowest BCUT2D eigenvalue weighted by molar-refractivity contribution is 0.367. The van der Waals surface area contributed by atoms with Crippen LogP contribution in [0.25, 0.3) is 11.4 Å². The topological polar surface area (TPSA) is 64.9 Å². The summed E-state index contributed by atoms with van der Waals surface area (Å²) in [4.78, 5) is 4.43. The predicted molar refractivity (Wildman–Crippen MR) is 84.6 cm³/mol. The van der Waals surface area contributed by atoms with Crippen LogP contribution >= 0.6 is 15.9 Å². The van der Waals surface area contributed by atoms with Crippen LogP contribution in [0.15, 0.2) is 57.5 Å². The van der Waals surface area contributed by atoms with E-state index in [9.17, 15) is 0 Å². The van der Waals surface area contributed by atoms with Crippen molar-refractivity contribution >= 4 is 15.9 Å². The number of aromatic nitrogens is 2. The number of rotatable bonds is 3. The van der Waals surface area contributed by atoms with Crippen LogP contribution in [0.4, 0.5) is 0 Å². The normalized spacial score (nSPS) is 12.3. The molecule has 1 aromatic heterocycles. The minimum absolute atomic E-state index is 0.414. The maximum Gasteiger partial charge on any atom is 0.248 e. The molecule has 0 spiro atoms. The van der Waals surface area contributed by atoms with E-state index < -0.39 is 6.04 Å². The summed E-state index contributed by atoms with van der Waals surface area (Å²) in [7, 11) is 0. The van der Waals surface area contributed by atoms with Crippen molar-refractivity contribution in [3.8, 4) is 11.4 Å². The highest BCUT2D eigenvalue weighted by Gasteiger charge is 2.18. The maximum atomic E-state index is 6.17. The predicted octanol–water partition coefficient (Wildman–Crippen LogP) is 3.86. The van der Waals surface area contributed by atoms with Crippen molar-refractivity contribution in [1.82, 2.24) is 10.1 Å². The average Bonchev–Trinajstić information content (AvgIpc) is 2.97. The lowest BCUT2D eigenvalue weighted by atomic mass is 10.1. The van der Waals surface area contributed by atoms with Crippen molar-refractivity contribution in [2.75, 3.05) is 0 Å². The largest absolute Gasteiger partial charge is 0.337 e. The lowest BCUT2D eigenvalue weighted by Gasteiger charge is -2.05. The molecule has 1 heterocycles. The van der Waals surface area contributed by atoms with E-state index in [0.717, 1.165) is 21.2 Å². The Kier molecular flexibility index (Phi) is 3.86. The number of hydrogen-bond donors (Lipinski definition) is 1. The number of benzene rings is 2. The van der Waals surface area contributed by atoms with Gasteiger partial charge in [-0.2, -0.15) is 4.98 Å². The van der Waals surface area contributed by atoms with Crippen LogP contribution in [0, 0.1) is 6.92 Å². The van der Waals surface area contributed by atoms with Gasteiger partial charge in [0.15, 0.2) is 0 Å². The molecule has 106 valence electrons. The summed E-state index contributed by atoms with van der Waals surface area (Å²) in [5.41, 5.74) is 9.12. The Morgan fingerprint density at radius 3 is 2.62 bits per heavy atom. The van der Waals surface area contributed by atoms with Crippen LogP contribution in [0.5, 0.6) is 0 Å². The fourth-order valence-corrected chi connectivity index (χ4v) is 2.63. The summed E-state index contributed by atoms with van der Waals surface area (Å²) in [5.74, 6) is 0.972. The van der Waals surface area contributed by atoms with Gasteiger partial charge in [-0.05, 0) is 36.2 Å². The van der Waals surface area contributed by atoms with Crippen LogP contribution < -0.4 is 5.73 Å². The molecule has 21 heavy (non-hydrogen) atoms. The number of nitrogens with zero attached hydrogens (tertiary/aromatic N) is 2. The van der Waals surface area contributed by atoms with Crippen LogP contribution in [-0.4, -0.2) is 10.1 Å². The Balaban J connectivity index is 1.93. The molecule has 0 aliphatic heterocycles. The van der Waals surface area contributed by atoms with Gasteiger partial charge in [0.1, 0.15) is 6.04 Å². The molecule has 0 fully saturated rings. The zero-order chi connectivity index (χ0) is 14.8. The van der Waals surface area contributed by atoms with E-state index in [1.54, 1.807) is 0 Å². The Labute approximate surface area is 131 Å². The third kappa shape index (κ3) is 2.89. The number of nitrogens with two attached hydrogens (primary N) is 1. The number of aryl methyl sites for hydroxylation is 1. The number of halogens is 1. The highest BCUT2D eigenvalue weighted by atomic mass is 79.9. The van der Waals surface area contributed by atoms with Gasteiger partial charge in [0.2, 0.25) is 11.7 Å². The minimum atomic E-state index is -0.414. The quantitative estimate of drug-likeness (QED) is 0.784. The van der Waals surface area contributed by atoms with Gasteiger partial charge in [0, 0.05) is 10.0 Å². The van der Waals surface area contributed by atoms with E-state index >= 15 is 0 Å². The van der Waals surface area contributed by atoms with Gasteiger partial charge in [-0.1, -0.05) is 51.4 Å². The third-order valence-corrected chi connectivity index (χ3v) is 3.79. The van der Waals surface area contributed by atoms with Gasteiger partial charge < -0.3 is 10.3 Å². The Morgan fingerprint density at radius 1 is 1.14 bits per heavy atom. The molecule has 1 unspecified atom stereocenters. The summed E-state index contributed by atoms with van der Waals surface area (Å²) in [6.45, 7) is 2.01. The molecular weight excluding hydrogens is 330 g/mol. The van der Waals surface area contributed by atoms with Crippen LogP contribution in [-0.2, 0) is 0 Å². The lowest BCUT2D eigenvalue weighted by Crippen LogP contribution is -2.11. The molecule has 3 aromatic rings. The smallest absolute Gasteiger partial charge is 0.248 e. The fraction of sp³-hybridized carbons (Fsp3) is 0.125. The van der Waals surface area contributed by atoms with E-state index in [1.165, 1.54) is 0 Å². The zero-order valence-electron chi connectivity index (χ0n) is 11.5. The monoisotopic (exact) mass is 343 g/mol. The average molecular weight is 344 g/mol. The van der Waals surface area contributed by atoms with Gasteiger partial charge >= 0.3 is 0 Å². The van der Waals surface area contributed by atoms with Gasteiger partial charge in [-0.15, -0.1) is 0 Å². The first-order valence-electron chi connectivity index (χ1n) is 6.56. The van der Waals surface area contributed by atoms with Crippen molar-refractivity contribution in [2.24, 2.45) is 5.73 Å². The summed E-state index contributed by atoms with van der Waals surface area (Å²) in [5, 5.41) is 4.04. The molecule has 0 bridgehead atoms. The first-order valence-corrected chi connectivity index (χ1v) is 7.35. The van der Waals surface area contributed by atoms with Crippen LogP contribution in [0.3, 0.4) is 0 Å². The fourth-order valence-electron chi connectivity index (χ4n) is 2.15. The second-order valence-electron chi connectivity index (χ2n) is 4.80. The highest BCUT2D eigenvalue weighted by Crippen LogP contribution is 2.26. The molecule has 1 atom stereocenters. The van der Waals surface area contributed by atoms with E-state index in [0.29, 0.717) is 11.7 Å². The summed E-state index contributed by atoms with van der Waals surface area (Å²) < 4.78 is 6.34. The van der Waals surface area contributed by atoms with Crippen LogP contribution in [0.1, 0.15) is 23.1 Å². The molecule has 5 heteroatoms. The first-order chi connectivity index (χ1) is 10.1. The maximum absolute atomic E-state index is 6.17. The molecule has 4 nitrogen and oxygen atoms in total. The molecule has 2 N–H and O–H groups in total. The van der Waals surface area contributed by atoms with Crippen LogP contribution in [0.2, 0.25) is 0 Å². The number of hydrogen-bond acceptors (Lipinski definition) is 4. The highest BCUT2D eigenvalue weighted by molar-refractivity contribution is 9.10. The standard InChI is InChI=1S/C16H14BrN3O/c1-10-9-12(17)7-8-13(10)15-19-16(21-20-15)14(18)11-5-3-2-4-6-11/h2-9,14H,18H2,1H3. The molecule has 2 aromatic carbocycles. The minimum Gasteiger partial charge on any atom is -0.337 e. The van der Waals surface area contributed by atoms with Gasteiger partial charge in [0.25, 0.3) is 0 Å². The molecule has 0 aliphatic rings. The van der Waals surface area contributed by atoms with E-state index in [2.05, 4.69) is 26.1 Å². The van der Waals surface area contributed by atoms with Crippen molar-refractivity contribution in [3.63, 3.8) is 0 Å². The van der Waals surface area contributed by atoms with E-state index in [1.807, 2.05) is 55.5 Å². The van der Waals surface area contributed by atoms with Crippen molar-refractivity contribution in [2.45, 2.75) is 13.0 Å². The van der Waals surface area contributed by atoms with Gasteiger partial charge in [-0.3, -0.25) is 0 Å². The molecule has 0 saturated carbocycles. The first kappa shape index (κ1) is 14.0. The molecule has 0 saturated heterocycles. The second kappa shape index (κ2) is 5.79. The summed E-state index contributed by atoms with van der Waals surface area (Å²) in [6.07, 6.45) is 0. The molecular formula is C16H14BrN3O.